The molecule has 7 heteroatoms. The molecule has 0 saturated carbocycles. The number of aryl methyl sites for hydroxylation is 1. The molecule has 150 valence electrons. The maximum absolute atomic E-state index is 6.16. The van der Waals surface area contributed by atoms with Crippen LogP contribution in [-0.4, -0.2) is 67.4 Å². The number of rotatable bonds is 4. The Balaban J connectivity index is 1.47. The van der Waals surface area contributed by atoms with Crippen LogP contribution in [0.15, 0.2) is 30.3 Å². The van der Waals surface area contributed by atoms with Gasteiger partial charge >= 0.3 is 0 Å². The first-order valence-corrected chi connectivity index (χ1v) is 9.80. The summed E-state index contributed by atoms with van der Waals surface area (Å²) in [5.74, 6) is 2.71. The van der Waals surface area contributed by atoms with Crippen molar-refractivity contribution < 1.29 is 14.2 Å². The lowest BCUT2D eigenvalue weighted by Crippen LogP contribution is -2.56. The van der Waals surface area contributed by atoms with Gasteiger partial charge in [-0.15, -0.1) is 0 Å². The summed E-state index contributed by atoms with van der Waals surface area (Å²) < 4.78 is 17.4. The smallest absolute Gasteiger partial charge is 0.228 e. The van der Waals surface area contributed by atoms with Crippen molar-refractivity contribution in [1.82, 2.24) is 14.9 Å². The van der Waals surface area contributed by atoms with Crippen LogP contribution in [0.25, 0.3) is 0 Å². The van der Waals surface area contributed by atoms with E-state index >= 15 is 0 Å². The number of hydrogen-bond acceptors (Lipinski definition) is 7. The Morgan fingerprint density at radius 3 is 2.61 bits per heavy atom. The molecule has 1 aromatic heterocycles. The summed E-state index contributed by atoms with van der Waals surface area (Å²) >= 11 is 0. The minimum absolute atomic E-state index is 0.0206. The van der Waals surface area contributed by atoms with E-state index in [9.17, 15) is 0 Å². The lowest BCUT2D eigenvalue weighted by Gasteiger charge is -2.46. The number of methoxy groups -OCH3 is 1. The average Bonchev–Trinajstić information content (AvgIpc) is 2.68. The van der Waals surface area contributed by atoms with Crippen LogP contribution in [0.5, 0.6) is 17.4 Å². The number of anilines is 1. The van der Waals surface area contributed by atoms with E-state index in [-0.39, 0.29) is 5.60 Å². The van der Waals surface area contributed by atoms with E-state index in [0.717, 1.165) is 63.0 Å². The van der Waals surface area contributed by atoms with Crippen molar-refractivity contribution in [2.45, 2.75) is 25.4 Å². The summed E-state index contributed by atoms with van der Waals surface area (Å²) in [6.45, 7) is 6.56. The number of benzene rings is 1. The van der Waals surface area contributed by atoms with Gasteiger partial charge in [-0.3, -0.25) is 0 Å². The van der Waals surface area contributed by atoms with Crippen LogP contribution in [0.1, 0.15) is 18.5 Å². The standard InChI is InChI=1S/C21H28N4O3/c1-16-13-19(28-18-6-4-5-17(14-18)26-3)23-20(22-16)25-9-7-21(8-10-25)15-24(2)11-12-27-21/h4-6,13-14H,7-12,15H2,1-3H3. The minimum Gasteiger partial charge on any atom is -0.497 e. The Kier molecular flexibility index (Phi) is 5.37. The molecule has 0 amide bonds. The number of nitrogens with zero attached hydrogens (tertiary/aromatic N) is 4. The second-order valence-corrected chi connectivity index (χ2v) is 7.68. The largest absolute Gasteiger partial charge is 0.497 e. The molecular formula is C21H28N4O3. The maximum atomic E-state index is 6.16. The van der Waals surface area contributed by atoms with Gasteiger partial charge in [0.15, 0.2) is 0 Å². The summed E-state index contributed by atoms with van der Waals surface area (Å²) in [6.07, 6.45) is 1.97. The number of morpholine rings is 1. The molecule has 1 spiro atoms. The topological polar surface area (TPSA) is 60.0 Å². The van der Waals surface area contributed by atoms with E-state index in [0.29, 0.717) is 11.6 Å². The maximum Gasteiger partial charge on any atom is 0.228 e. The van der Waals surface area contributed by atoms with Crippen LogP contribution in [0.2, 0.25) is 0 Å². The second kappa shape index (κ2) is 7.93. The fourth-order valence-corrected chi connectivity index (χ4v) is 3.95. The molecule has 0 bridgehead atoms. The van der Waals surface area contributed by atoms with Crippen LogP contribution < -0.4 is 14.4 Å². The lowest BCUT2D eigenvalue weighted by atomic mass is 9.89. The highest BCUT2D eigenvalue weighted by atomic mass is 16.5. The molecule has 0 unspecified atom stereocenters. The molecule has 2 fully saturated rings. The van der Waals surface area contributed by atoms with Gasteiger partial charge in [-0.05, 0) is 38.9 Å². The van der Waals surface area contributed by atoms with Gasteiger partial charge < -0.3 is 24.0 Å². The van der Waals surface area contributed by atoms with Crippen molar-refractivity contribution in [2.24, 2.45) is 0 Å². The molecule has 28 heavy (non-hydrogen) atoms. The summed E-state index contributed by atoms with van der Waals surface area (Å²) in [4.78, 5) is 13.9. The molecule has 3 heterocycles. The highest BCUT2D eigenvalue weighted by molar-refractivity contribution is 5.39. The predicted octanol–water partition coefficient (Wildman–Crippen LogP) is 2.89. The van der Waals surface area contributed by atoms with Gasteiger partial charge in [0.25, 0.3) is 0 Å². The molecular weight excluding hydrogens is 356 g/mol. The molecule has 4 rings (SSSR count). The van der Waals surface area contributed by atoms with Gasteiger partial charge in [0.05, 0.1) is 19.3 Å². The van der Waals surface area contributed by atoms with E-state index < -0.39 is 0 Å². The zero-order valence-corrected chi connectivity index (χ0v) is 16.9. The van der Waals surface area contributed by atoms with E-state index in [2.05, 4.69) is 26.8 Å². The number of ether oxygens (including phenoxy) is 3. The Bertz CT molecular complexity index is 821. The van der Waals surface area contributed by atoms with Crippen LogP contribution in [0.4, 0.5) is 5.95 Å². The fourth-order valence-electron chi connectivity index (χ4n) is 3.95. The first kappa shape index (κ1) is 19.0. The van der Waals surface area contributed by atoms with E-state index in [1.54, 1.807) is 7.11 Å². The molecule has 0 aliphatic carbocycles. The zero-order valence-electron chi connectivity index (χ0n) is 16.9. The van der Waals surface area contributed by atoms with Gasteiger partial charge in [-0.25, -0.2) is 4.98 Å². The highest BCUT2D eigenvalue weighted by Gasteiger charge is 2.39. The molecule has 0 radical (unpaired) electrons. The van der Waals surface area contributed by atoms with Crippen LogP contribution >= 0.6 is 0 Å². The Labute approximate surface area is 166 Å². The summed E-state index contributed by atoms with van der Waals surface area (Å²) in [7, 11) is 3.81. The van der Waals surface area contributed by atoms with Crippen LogP contribution in [0.3, 0.4) is 0 Å². The highest BCUT2D eigenvalue weighted by Crippen LogP contribution is 2.32. The molecule has 2 aliphatic heterocycles. The molecule has 2 aliphatic rings. The molecule has 1 aromatic carbocycles. The van der Waals surface area contributed by atoms with Gasteiger partial charge in [0.1, 0.15) is 11.5 Å². The van der Waals surface area contributed by atoms with E-state index in [1.165, 1.54) is 0 Å². The first-order chi connectivity index (χ1) is 13.5. The minimum atomic E-state index is -0.0206. The second-order valence-electron chi connectivity index (χ2n) is 7.68. The third-order valence-electron chi connectivity index (χ3n) is 5.48. The van der Waals surface area contributed by atoms with Gasteiger partial charge in [0, 0.05) is 44.0 Å². The van der Waals surface area contributed by atoms with Gasteiger partial charge in [0.2, 0.25) is 11.8 Å². The zero-order chi connectivity index (χ0) is 19.6. The van der Waals surface area contributed by atoms with Crippen molar-refractivity contribution >= 4 is 5.95 Å². The normalized spacial score (nSPS) is 19.6. The number of hydrogen-bond donors (Lipinski definition) is 0. The molecule has 7 nitrogen and oxygen atoms in total. The van der Waals surface area contributed by atoms with Crippen molar-refractivity contribution in [1.29, 1.82) is 0 Å². The molecule has 0 atom stereocenters. The SMILES string of the molecule is COc1cccc(Oc2cc(C)nc(N3CCC4(CC3)CN(C)CCO4)n2)c1. The van der Waals surface area contributed by atoms with Gasteiger partial charge in [-0.2, -0.15) is 4.98 Å². The third kappa shape index (κ3) is 4.20. The molecule has 0 N–H and O–H groups in total. The van der Waals surface area contributed by atoms with Gasteiger partial charge in [-0.1, -0.05) is 6.07 Å². The average molecular weight is 384 g/mol. The Hall–Kier alpha value is -2.38. The molecule has 2 aromatic rings. The number of piperidine rings is 1. The van der Waals surface area contributed by atoms with E-state index in [4.69, 9.17) is 14.2 Å². The summed E-state index contributed by atoms with van der Waals surface area (Å²) in [6, 6.07) is 9.37. The van der Waals surface area contributed by atoms with Crippen molar-refractivity contribution in [3.05, 3.63) is 36.0 Å². The van der Waals surface area contributed by atoms with Crippen molar-refractivity contribution in [3.8, 4) is 17.4 Å². The van der Waals surface area contributed by atoms with E-state index in [1.807, 2.05) is 37.3 Å². The van der Waals surface area contributed by atoms with Crippen LogP contribution in [0, 0.1) is 6.92 Å². The number of aromatic nitrogens is 2. The lowest BCUT2D eigenvalue weighted by molar-refractivity contribution is -0.115. The Morgan fingerprint density at radius 1 is 1.07 bits per heavy atom. The quantitative estimate of drug-likeness (QED) is 0.803. The predicted molar refractivity (Wildman–Crippen MR) is 107 cm³/mol. The summed E-state index contributed by atoms with van der Waals surface area (Å²) in [5.41, 5.74) is 0.865. The first-order valence-electron chi connectivity index (χ1n) is 9.80. The molecule has 2 saturated heterocycles. The number of likely N-dealkylation sites (N-methyl/N-ethyl adjacent to an activating group) is 1. The fraction of sp³-hybridized carbons (Fsp3) is 0.524. The summed E-state index contributed by atoms with van der Waals surface area (Å²) in [5, 5.41) is 0. The monoisotopic (exact) mass is 384 g/mol. The van der Waals surface area contributed by atoms with Crippen LogP contribution in [-0.2, 0) is 4.74 Å². The Morgan fingerprint density at radius 2 is 1.86 bits per heavy atom. The third-order valence-corrected chi connectivity index (χ3v) is 5.48. The van der Waals surface area contributed by atoms with Crippen molar-refractivity contribution in [3.63, 3.8) is 0 Å². The van der Waals surface area contributed by atoms with Crippen molar-refractivity contribution in [2.75, 3.05) is 51.8 Å².